The quantitative estimate of drug-likeness (QED) is 0.434. The number of hydrogen-bond donors (Lipinski definition) is 1. The number of carbonyl (C=O) groups excluding carboxylic acids is 2. The molecule has 0 amide bonds. The Morgan fingerprint density at radius 2 is 1.75 bits per heavy atom. The van der Waals surface area contributed by atoms with Crippen molar-refractivity contribution in [3.8, 4) is 11.5 Å². The summed E-state index contributed by atoms with van der Waals surface area (Å²) < 4.78 is 16.4. The van der Waals surface area contributed by atoms with Crippen LogP contribution in [0.1, 0.15) is 21.6 Å². The van der Waals surface area contributed by atoms with Crippen LogP contribution in [0.15, 0.2) is 40.9 Å². The Morgan fingerprint density at radius 3 is 2.46 bits per heavy atom. The minimum atomic E-state index is -0.501. The van der Waals surface area contributed by atoms with E-state index in [2.05, 4.69) is 20.9 Å². The van der Waals surface area contributed by atoms with Gasteiger partial charge < -0.3 is 19.2 Å². The molecule has 0 unspecified atom stereocenters. The fourth-order valence-corrected chi connectivity index (χ4v) is 3.56. The highest BCUT2D eigenvalue weighted by Gasteiger charge is 2.19. The lowest BCUT2D eigenvalue weighted by Crippen LogP contribution is -2.16. The number of H-pyrrole nitrogens is 1. The Labute approximate surface area is 170 Å². The Balaban J connectivity index is 1.69. The van der Waals surface area contributed by atoms with Crippen LogP contribution in [0.2, 0.25) is 0 Å². The monoisotopic (exact) mass is 445 g/mol. The van der Waals surface area contributed by atoms with Crippen molar-refractivity contribution in [2.24, 2.45) is 0 Å². The molecule has 3 aromatic rings. The van der Waals surface area contributed by atoms with Crippen molar-refractivity contribution in [1.29, 1.82) is 0 Å². The van der Waals surface area contributed by atoms with Crippen molar-refractivity contribution in [2.75, 3.05) is 20.8 Å². The third-order valence-corrected chi connectivity index (χ3v) is 5.16. The molecule has 0 atom stereocenters. The zero-order valence-electron chi connectivity index (χ0n) is 15.8. The van der Waals surface area contributed by atoms with E-state index in [1.165, 1.54) is 14.2 Å². The number of aryl methyl sites for hydroxylation is 1. The van der Waals surface area contributed by atoms with Gasteiger partial charge in [-0.1, -0.05) is 34.1 Å². The summed E-state index contributed by atoms with van der Waals surface area (Å²) in [6, 6.07) is 11.0. The number of benzene rings is 2. The summed E-state index contributed by atoms with van der Waals surface area (Å²) in [5.41, 5.74) is 2.86. The van der Waals surface area contributed by atoms with Crippen molar-refractivity contribution >= 4 is 38.6 Å². The number of aromatic nitrogens is 1. The second-order valence-electron chi connectivity index (χ2n) is 6.23. The molecule has 0 fully saturated rings. The first-order chi connectivity index (χ1) is 13.4. The maximum Gasteiger partial charge on any atom is 0.310 e. The Bertz CT molecular complexity index is 1040. The SMILES string of the molecule is COc1cc(Br)c(CC(=O)OCC(=O)c2c(C)[nH]c3ccccc23)cc1OC. The first-order valence-electron chi connectivity index (χ1n) is 8.61. The third-order valence-electron chi connectivity index (χ3n) is 4.42. The van der Waals surface area contributed by atoms with Gasteiger partial charge in [0.2, 0.25) is 5.78 Å². The average Bonchev–Trinajstić information content (AvgIpc) is 3.03. The molecule has 1 N–H and O–H groups in total. The number of halogens is 1. The standard InChI is InChI=1S/C21H20BrNO5/c1-12-21(14-6-4-5-7-16(14)23-12)17(24)11-28-20(25)9-13-8-18(26-2)19(27-3)10-15(13)22/h4-8,10,23H,9,11H2,1-3H3. The highest BCUT2D eigenvalue weighted by Crippen LogP contribution is 2.33. The van der Waals surface area contributed by atoms with Crippen LogP contribution in [-0.2, 0) is 16.0 Å². The van der Waals surface area contributed by atoms with E-state index in [0.29, 0.717) is 27.1 Å². The van der Waals surface area contributed by atoms with Crippen LogP contribution in [0.5, 0.6) is 11.5 Å². The molecule has 0 saturated heterocycles. The maximum absolute atomic E-state index is 12.6. The van der Waals surface area contributed by atoms with Crippen molar-refractivity contribution in [3.63, 3.8) is 0 Å². The highest BCUT2D eigenvalue weighted by molar-refractivity contribution is 9.10. The van der Waals surface area contributed by atoms with Gasteiger partial charge in [-0.15, -0.1) is 0 Å². The Kier molecular flexibility index (Phi) is 6.04. The Morgan fingerprint density at radius 1 is 1.07 bits per heavy atom. The molecule has 1 heterocycles. The predicted molar refractivity (Wildman–Crippen MR) is 109 cm³/mol. The molecule has 0 aliphatic heterocycles. The maximum atomic E-state index is 12.6. The zero-order valence-corrected chi connectivity index (χ0v) is 17.4. The predicted octanol–water partition coefficient (Wildman–Crippen LogP) is 4.22. The molecule has 2 aromatic carbocycles. The molecule has 0 radical (unpaired) electrons. The first-order valence-corrected chi connectivity index (χ1v) is 9.40. The van der Waals surface area contributed by atoms with E-state index in [1.54, 1.807) is 12.1 Å². The van der Waals surface area contributed by atoms with E-state index < -0.39 is 5.97 Å². The number of Topliss-reactive ketones (excluding diaryl/α,β-unsaturated/α-hetero) is 1. The summed E-state index contributed by atoms with van der Waals surface area (Å²) in [6.07, 6.45) is 0.00108. The second-order valence-corrected chi connectivity index (χ2v) is 7.08. The van der Waals surface area contributed by atoms with Gasteiger partial charge in [0, 0.05) is 26.6 Å². The smallest absolute Gasteiger partial charge is 0.310 e. The van der Waals surface area contributed by atoms with Gasteiger partial charge in [0.05, 0.1) is 20.6 Å². The van der Waals surface area contributed by atoms with Crippen LogP contribution >= 0.6 is 15.9 Å². The van der Waals surface area contributed by atoms with Crippen LogP contribution in [-0.4, -0.2) is 37.6 Å². The van der Waals surface area contributed by atoms with Crippen LogP contribution in [0, 0.1) is 6.92 Å². The number of carbonyl (C=O) groups is 2. The van der Waals surface area contributed by atoms with Gasteiger partial charge in [0.15, 0.2) is 18.1 Å². The summed E-state index contributed by atoms with van der Waals surface area (Å²) in [7, 11) is 3.06. The molecular weight excluding hydrogens is 426 g/mol. The van der Waals surface area contributed by atoms with Crippen LogP contribution in [0.3, 0.4) is 0 Å². The normalized spacial score (nSPS) is 10.7. The molecular formula is C21H20BrNO5. The molecule has 28 heavy (non-hydrogen) atoms. The number of rotatable bonds is 7. The van der Waals surface area contributed by atoms with E-state index in [-0.39, 0.29) is 18.8 Å². The van der Waals surface area contributed by atoms with Gasteiger partial charge >= 0.3 is 5.97 Å². The summed E-state index contributed by atoms with van der Waals surface area (Å²) >= 11 is 3.41. The topological polar surface area (TPSA) is 77.6 Å². The zero-order chi connectivity index (χ0) is 20.3. The molecule has 0 saturated carbocycles. The van der Waals surface area contributed by atoms with E-state index in [4.69, 9.17) is 14.2 Å². The molecule has 6 nitrogen and oxygen atoms in total. The molecule has 0 spiro atoms. The summed E-state index contributed by atoms with van der Waals surface area (Å²) in [4.78, 5) is 28.0. The van der Waals surface area contributed by atoms with Crippen LogP contribution in [0.25, 0.3) is 10.9 Å². The number of para-hydroxylation sites is 1. The van der Waals surface area contributed by atoms with Gasteiger partial charge in [-0.05, 0) is 30.7 Å². The molecule has 0 aliphatic carbocycles. The number of ketones is 1. The number of esters is 1. The van der Waals surface area contributed by atoms with E-state index in [9.17, 15) is 9.59 Å². The van der Waals surface area contributed by atoms with Gasteiger partial charge in [0.25, 0.3) is 0 Å². The number of aromatic amines is 1. The molecule has 146 valence electrons. The van der Waals surface area contributed by atoms with Crippen LogP contribution in [0.4, 0.5) is 0 Å². The number of fused-ring (bicyclic) bond motifs is 1. The van der Waals surface area contributed by atoms with E-state index in [0.717, 1.165) is 16.6 Å². The molecule has 0 aliphatic rings. The number of methoxy groups -OCH3 is 2. The highest BCUT2D eigenvalue weighted by atomic mass is 79.9. The van der Waals surface area contributed by atoms with Gasteiger partial charge in [0.1, 0.15) is 0 Å². The summed E-state index contributed by atoms with van der Waals surface area (Å²) in [5.74, 6) is 0.323. The number of ether oxygens (including phenoxy) is 3. The van der Waals surface area contributed by atoms with Crippen molar-refractivity contribution in [1.82, 2.24) is 4.98 Å². The second kappa shape index (κ2) is 8.48. The lowest BCUT2D eigenvalue weighted by atomic mass is 10.1. The lowest BCUT2D eigenvalue weighted by Gasteiger charge is -2.11. The van der Waals surface area contributed by atoms with E-state index >= 15 is 0 Å². The first kappa shape index (κ1) is 19.9. The van der Waals surface area contributed by atoms with Crippen molar-refractivity contribution in [2.45, 2.75) is 13.3 Å². The average molecular weight is 446 g/mol. The molecule has 0 bridgehead atoms. The Hall–Kier alpha value is -2.80. The van der Waals surface area contributed by atoms with Gasteiger partial charge in [-0.3, -0.25) is 9.59 Å². The fourth-order valence-electron chi connectivity index (χ4n) is 3.09. The third kappa shape index (κ3) is 4.04. The van der Waals surface area contributed by atoms with Crippen molar-refractivity contribution in [3.05, 3.63) is 57.7 Å². The van der Waals surface area contributed by atoms with Crippen LogP contribution < -0.4 is 9.47 Å². The van der Waals surface area contributed by atoms with Crippen molar-refractivity contribution < 1.29 is 23.8 Å². The summed E-state index contributed by atoms with van der Waals surface area (Å²) in [6.45, 7) is 1.52. The van der Waals surface area contributed by atoms with Gasteiger partial charge in [-0.25, -0.2) is 0 Å². The van der Waals surface area contributed by atoms with Gasteiger partial charge in [-0.2, -0.15) is 0 Å². The largest absolute Gasteiger partial charge is 0.493 e. The molecule has 1 aromatic heterocycles. The minimum absolute atomic E-state index is 0.00108. The fraction of sp³-hybridized carbons (Fsp3) is 0.238. The molecule has 7 heteroatoms. The molecule has 3 rings (SSSR count). The number of nitrogens with one attached hydrogen (secondary N) is 1. The number of hydrogen-bond acceptors (Lipinski definition) is 5. The summed E-state index contributed by atoms with van der Waals surface area (Å²) in [5, 5.41) is 0.823. The lowest BCUT2D eigenvalue weighted by molar-refractivity contribution is -0.141. The van der Waals surface area contributed by atoms with E-state index in [1.807, 2.05) is 31.2 Å². The minimum Gasteiger partial charge on any atom is -0.493 e.